The Morgan fingerprint density at radius 1 is 0.853 bits per heavy atom. The molecule has 0 atom stereocenters. The predicted octanol–water partition coefficient (Wildman–Crippen LogP) is 4.63. The SMILES string of the molecule is CCOc1ccc(C(=O)N2CCN(Cc3ccccc3)CC2)cc1COc1ccc(OC)cc1. The number of ether oxygens (including phenoxy) is 3. The van der Waals surface area contributed by atoms with Gasteiger partial charge in [-0.05, 0) is 55.0 Å². The van der Waals surface area contributed by atoms with Gasteiger partial charge in [-0.15, -0.1) is 0 Å². The molecule has 1 heterocycles. The molecular formula is C28H32N2O4. The summed E-state index contributed by atoms with van der Waals surface area (Å²) in [7, 11) is 1.63. The Kier molecular flexibility index (Phi) is 8.04. The number of nitrogens with zero attached hydrogens (tertiary/aromatic N) is 2. The second-order valence-corrected chi connectivity index (χ2v) is 8.27. The van der Waals surface area contributed by atoms with Crippen LogP contribution in [0.1, 0.15) is 28.4 Å². The third-order valence-electron chi connectivity index (χ3n) is 5.97. The van der Waals surface area contributed by atoms with Crippen LogP contribution in [0.15, 0.2) is 72.8 Å². The minimum Gasteiger partial charge on any atom is -0.497 e. The van der Waals surface area contributed by atoms with Crippen molar-refractivity contribution in [2.24, 2.45) is 0 Å². The average Bonchev–Trinajstić information content (AvgIpc) is 2.89. The molecule has 34 heavy (non-hydrogen) atoms. The van der Waals surface area contributed by atoms with Gasteiger partial charge in [0.05, 0.1) is 13.7 Å². The van der Waals surface area contributed by atoms with Gasteiger partial charge in [0.1, 0.15) is 23.9 Å². The maximum absolute atomic E-state index is 13.2. The fourth-order valence-electron chi connectivity index (χ4n) is 4.09. The highest BCUT2D eigenvalue weighted by Crippen LogP contribution is 2.25. The maximum atomic E-state index is 13.2. The predicted molar refractivity (Wildman–Crippen MR) is 133 cm³/mol. The third-order valence-corrected chi connectivity index (χ3v) is 5.97. The van der Waals surface area contributed by atoms with Crippen molar-refractivity contribution in [2.75, 3.05) is 39.9 Å². The molecule has 6 nitrogen and oxygen atoms in total. The van der Waals surface area contributed by atoms with E-state index in [9.17, 15) is 4.79 Å². The Balaban J connectivity index is 1.39. The third kappa shape index (κ3) is 6.08. The van der Waals surface area contributed by atoms with Gasteiger partial charge in [-0.2, -0.15) is 0 Å². The highest BCUT2D eigenvalue weighted by molar-refractivity contribution is 5.94. The van der Waals surface area contributed by atoms with E-state index in [1.807, 2.05) is 60.4 Å². The first-order valence-corrected chi connectivity index (χ1v) is 11.7. The lowest BCUT2D eigenvalue weighted by Crippen LogP contribution is -2.48. The van der Waals surface area contributed by atoms with E-state index in [4.69, 9.17) is 14.2 Å². The Bertz CT molecular complexity index is 1060. The van der Waals surface area contributed by atoms with Crippen molar-refractivity contribution in [1.82, 2.24) is 9.80 Å². The van der Waals surface area contributed by atoms with E-state index in [0.717, 1.165) is 55.5 Å². The molecule has 1 fully saturated rings. The fraction of sp³-hybridized carbons (Fsp3) is 0.321. The molecule has 0 N–H and O–H groups in total. The van der Waals surface area contributed by atoms with Crippen LogP contribution < -0.4 is 14.2 Å². The van der Waals surface area contributed by atoms with E-state index < -0.39 is 0 Å². The Morgan fingerprint density at radius 2 is 1.56 bits per heavy atom. The number of hydrogen-bond acceptors (Lipinski definition) is 5. The Labute approximate surface area is 201 Å². The van der Waals surface area contributed by atoms with Crippen LogP contribution in [-0.2, 0) is 13.2 Å². The molecule has 0 saturated carbocycles. The van der Waals surface area contributed by atoms with Gasteiger partial charge in [0.2, 0.25) is 0 Å². The van der Waals surface area contributed by atoms with E-state index in [-0.39, 0.29) is 5.91 Å². The number of piperazine rings is 1. The summed E-state index contributed by atoms with van der Waals surface area (Å²) in [6, 6.07) is 23.5. The molecule has 3 aromatic carbocycles. The van der Waals surface area contributed by atoms with Gasteiger partial charge >= 0.3 is 0 Å². The highest BCUT2D eigenvalue weighted by Gasteiger charge is 2.23. The van der Waals surface area contributed by atoms with Crippen molar-refractivity contribution in [3.8, 4) is 17.2 Å². The molecule has 6 heteroatoms. The monoisotopic (exact) mass is 460 g/mol. The van der Waals surface area contributed by atoms with Crippen molar-refractivity contribution in [1.29, 1.82) is 0 Å². The maximum Gasteiger partial charge on any atom is 0.253 e. The summed E-state index contributed by atoms with van der Waals surface area (Å²) in [6.07, 6.45) is 0. The summed E-state index contributed by atoms with van der Waals surface area (Å²) in [4.78, 5) is 17.6. The number of hydrogen-bond donors (Lipinski definition) is 0. The first kappa shape index (κ1) is 23.6. The zero-order valence-corrected chi connectivity index (χ0v) is 19.9. The number of methoxy groups -OCH3 is 1. The van der Waals surface area contributed by atoms with Gasteiger partial charge in [-0.3, -0.25) is 9.69 Å². The van der Waals surface area contributed by atoms with E-state index >= 15 is 0 Å². The second-order valence-electron chi connectivity index (χ2n) is 8.27. The molecule has 1 amide bonds. The largest absolute Gasteiger partial charge is 0.497 e. The first-order chi connectivity index (χ1) is 16.7. The quantitative estimate of drug-likeness (QED) is 0.466. The standard InChI is InChI=1S/C28H32N2O4/c1-3-33-27-14-9-23(19-24(27)21-34-26-12-10-25(32-2)11-13-26)28(31)30-17-15-29(16-18-30)20-22-7-5-4-6-8-22/h4-14,19H,3,15-18,20-21H2,1-2H3. The Hall–Kier alpha value is -3.51. The van der Waals surface area contributed by atoms with Crippen LogP contribution in [0.3, 0.4) is 0 Å². The number of amides is 1. The second kappa shape index (κ2) is 11.6. The molecular weight excluding hydrogens is 428 g/mol. The van der Waals surface area contributed by atoms with Crippen LogP contribution in [0.25, 0.3) is 0 Å². The van der Waals surface area contributed by atoms with Crippen molar-refractivity contribution < 1.29 is 19.0 Å². The molecule has 0 spiro atoms. The molecule has 0 radical (unpaired) electrons. The lowest BCUT2D eigenvalue weighted by Gasteiger charge is -2.35. The van der Waals surface area contributed by atoms with E-state index in [1.54, 1.807) is 7.11 Å². The normalized spacial score (nSPS) is 14.0. The number of carbonyl (C=O) groups excluding carboxylic acids is 1. The number of rotatable bonds is 9. The van der Waals surface area contributed by atoms with Gasteiger partial charge in [0.25, 0.3) is 5.91 Å². The van der Waals surface area contributed by atoms with Gasteiger partial charge in [-0.25, -0.2) is 0 Å². The summed E-state index contributed by atoms with van der Waals surface area (Å²) in [5.41, 5.74) is 2.81. The molecule has 0 aliphatic carbocycles. The first-order valence-electron chi connectivity index (χ1n) is 11.7. The topological polar surface area (TPSA) is 51.2 Å². The molecule has 3 aromatic rings. The van der Waals surface area contributed by atoms with E-state index in [2.05, 4.69) is 29.2 Å². The minimum atomic E-state index is 0.0492. The van der Waals surface area contributed by atoms with Crippen molar-refractivity contribution in [2.45, 2.75) is 20.1 Å². The summed E-state index contributed by atoms with van der Waals surface area (Å²) in [5.74, 6) is 2.29. The molecule has 178 valence electrons. The van der Waals surface area contributed by atoms with Crippen LogP contribution >= 0.6 is 0 Å². The van der Waals surface area contributed by atoms with Crippen molar-refractivity contribution in [3.63, 3.8) is 0 Å². The van der Waals surface area contributed by atoms with E-state index in [1.165, 1.54) is 5.56 Å². The summed E-state index contributed by atoms with van der Waals surface area (Å²) >= 11 is 0. The van der Waals surface area contributed by atoms with Crippen LogP contribution in [0, 0.1) is 0 Å². The van der Waals surface area contributed by atoms with Crippen LogP contribution in [0.4, 0.5) is 0 Å². The zero-order chi connectivity index (χ0) is 23.8. The molecule has 4 rings (SSSR count). The summed E-state index contributed by atoms with van der Waals surface area (Å²) < 4.78 is 16.9. The number of carbonyl (C=O) groups is 1. The van der Waals surface area contributed by atoms with Crippen LogP contribution in [0.5, 0.6) is 17.2 Å². The van der Waals surface area contributed by atoms with Crippen LogP contribution in [0.2, 0.25) is 0 Å². The van der Waals surface area contributed by atoms with Crippen LogP contribution in [-0.4, -0.2) is 55.6 Å². The number of benzene rings is 3. The van der Waals surface area contributed by atoms with Gasteiger partial charge < -0.3 is 19.1 Å². The minimum absolute atomic E-state index is 0.0492. The van der Waals surface area contributed by atoms with Crippen molar-refractivity contribution in [3.05, 3.63) is 89.5 Å². The summed E-state index contributed by atoms with van der Waals surface area (Å²) in [5, 5.41) is 0. The smallest absolute Gasteiger partial charge is 0.253 e. The molecule has 0 unspecified atom stereocenters. The molecule has 0 bridgehead atoms. The average molecular weight is 461 g/mol. The zero-order valence-electron chi connectivity index (χ0n) is 19.9. The molecule has 1 aliphatic rings. The lowest BCUT2D eigenvalue weighted by molar-refractivity contribution is 0.0628. The molecule has 0 aromatic heterocycles. The fourth-order valence-corrected chi connectivity index (χ4v) is 4.09. The lowest BCUT2D eigenvalue weighted by atomic mass is 10.1. The summed E-state index contributed by atoms with van der Waals surface area (Å²) in [6.45, 7) is 6.89. The van der Waals surface area contributed by atoms with Gasteiger partial charge in [0, 0.05) is 43.9 Å². The molecule has 1 saturated heterocycles. The molecule has 1 aliphatic heterocycles. The van der Waals surface area contributed by atoms with Gasteiger partial charge in [-0.1, -0.05) is 30.3 Å². The Morgan fingerprint density at radius 3 is 2.24 bits per heavy atom. The van der Waals surface area contributed by atoms with E-state index in [0.29, 0.717) is 18.8 Å². The van der Waals surface area contributed by atoms with Crippen molar-refractivity contribution >= 4 is 5.91 Å². The highest BCUT2D eigenvalue weighted by atomic mass is 16.5. The van der Waals surface area contributed by atoms with Gasteiger partial charge in [0.15, 0.2) is 0 Å².